The molecule has 2 rings (SSSR count). The molecule has 22 heavy (non-hydrogen) atoms. The first kappa shape index (κ1) is 16.5. The van der Waals surface area contributed by atoms with E-state index in [0.717, 1.165) is 12.8 Å². The van der Waals surface area contributed by atoms with Crippen molar-refractivity contribution in [2.75, 3.05) is 6.61 Å². The number of nitrogens with zero attached hydrogens (tertiary/aromatic N) is 1. The maximum absolute atomic E-state index is 12.6. The molecule has 0 spiro atoms. The predicted molar refractivity (Wildman–Crippen MR) is 88.8 cm³/mol. The fourth-order valence-corrected chi connectivity index (χ4v) is 2.29. The average molecular weight is 318 g/mol. The number of carbonyl (C=O) groups is 1. The molecule has 0 aliphatic carbocycles. The molecule has 3 nitrogen and oxygen atoms in total. The van der Waals surface area contributed by atoms with E-state index in [0.29, 0.717) is 17.9 Å². The molecular formula is C18H20ClNO2. The summed E-state index contributed by atoms with van der Waals surface area (Å²) in [6.07, 6.45) is 4.47. The predicted octanol–water partition coefficient (Wildman–Crippen LogP) is 4.93. The van der Waals surface area contributed by atoms with Gasteiger partial charge >= 0.3 is 0 Å². The summed E-state index contributed by atoms with van der Waals surface area (Å²) in [6, 6.07) is 12.4. The van der Waals surface area contributed by atoms with Gasteiger partial charge in [0.15, 0.2) is 5.69 Å². The van der Waals surface area contributed by atoms with Gasteiger partial charge in [0.25, 0.3) is 0 Å². The van der Waals surface area contributed by atoms with Crippen molar-refractivity contribution in [1.29, 1.82) is 0 Å². The van der Waals surface area contributed by atoms with Crippen LogP contribution in [0.2, 0.25) is 5.15 Å². The summed E-state index contributed by atoms with van der Waals surface area (Å²) in [6.45, 7) is 2.75. The highest BCUT2D eigenvalue weighted by Crippen LogP contribution is 2.22. The number of ether oxygens (including phenoxy) is 1. The lowest BCUT2D eigenvalue weighted by Crippen LogP contribution is -2.09. The van der Waals surface area contributed by atoms with E-state index in [1.807, 2.05) is 18.2 Å². The standard InChI is InChI=1S/C18H20ClNO2/c1-2-3-4-8-13-22-15-11-12-16(19)20-17(15)18(21)14-9-6-5-7-10-14/h5-7,9-12H,2-4,8,13H2,1H3. The van der Waals surface area contributed by atoms with E-state index in [9.17, 15) is 4.79 Å². The molecule has 1 aromatic heterocycles. The molecule has 4 heteroatoms. The molecule has 0 radical (unpaired) electrons. The van der Waals surface area contributed by atoms with Crippen molar-refractivity contribution >= 4 is 17.4 Å². The number of hydrogen-bond donors (Lipinski definition) is 0. The summed E-state index contributed by atoms with van der Waals surface area (Å²) in [5.41, 5.74) is 0.849. The van der Waals surface area contributed by atoms with Crippen molar-refractivity contribution < 1.29 is 9.53 Å². The van der Waals surface area contributed by atoms with Crippen molar-refractivity contribution in [3.63, 3.8) is 0 Å². The molecule has 1 aromatic carbocycles. The molecule has 0 aliphatic heterocycles. The van der Waals surface area contributed by atoms with Gasteiger partial charge < -0.3 is 4.74 Å². The normalized spacial score (nSPS) is 10.5. The van der Waals surface area contributed by atoms with Crippen LogP contribution in [0.4, 0.5) is 0 Å². The zero-order chi connectivity index (χ0) is 15.8. The van der Waals surface area contributed by atoms with Crippen LogP contribution in [-0.2, 0) is 0 Å². The number of carbonyl (C=O) groups excluding carboxylic acids is 1. The van der Waals surface area contributed by atoms with E-state index in [1.54, 1.807) is 24.3 Å². The van der Waals surface area contributed by atoms with E-state index in [-0.39, 0.29) is 16.6 Å². The second-order valence-electron chi connectivity index (χ2n) is 5.08. The molecule has 116 valence electrons. The zero-order valence-corrected chi connectivity index (χ0v) is 13.5. The van der Waals surface area contributed by atoms with Crippen molar-refractivity contribution in [2.45, 2.75) is 32.6 Å². The van der Waals surface area contributed by atoms with Gasteiger partial charge in [-0.05, 0) is 18.6 Å². The number of hydrogen-bond acceptors (Lipinski definition) is 3. The van der Waals surface area contributed by atoms with Crippen molar-refractivity contribution in [3.8, 4) is 5.75 Å². The second kappa shape index (κ2) is 8.54. The van der Waals surface area contributed by atoms with E-state index in [2.05, 4.69) is 11.9 Å². The van der Waals surface area contributed by atoms with Gasteiger partial charge in [-0.1, -0.05) is 68.1 Å². The molecule has 0 aliphatic rings. The van der Waals surface area contributed by atoms with E-state index in [1.165, 1.54) is 12.8 Å². The lowest BCUT2D eigenvalue weighted by atomic mass is 10.1. The van der Waals surface area contributed by atoms with E-state index in [4.69, 9.17) is 16.3 Å². The number of aromatic nitrogens is 1. The maximum Gasteiger partial charge on any atom is 0.215 e. The summed E-state index contributed by atoms with van der Waals surface area (Å²) < 4.78 is 5.74. The van der Waals surface area contributed by atoms with Crippen molar-refractivity contribution in [3.05, 3.63) is 58.9 Å². The molecular weight excluding hydrogens is 298 g/mol. The van der Waals surface area contributed by atoms with Gasteiger partial charge in [0.05, 0.1) is 6.61 Å². The van der Waals surface area contributed by atoms with Crippen LogP contribution >= 0.6 is 11.6 Å². The summed E-state index contributed by atoms with van der Waals surface area (Å²) in [7, 11) is 0. The highest BCUT2D eigenvalue weighted by atomic mass is 35.5. The first-order valence-corrected chi connectivity index (χ1v) is 7.99. The van der Waals surface area contributed by atoms with Crippen molar-refractivity contribution in [2.24, 2.45) is 0 Å². The molecule has 2 aromatic rings. The van der Waals surface area contributed by atoms with Gasteiger partial charge in [-0.25, -0.2) is 4.98 Å². The number of unbranched alkanes of at least 4 members (excludes halogenated alkanes) is 3. The highest BCUT2D eigenvalue weighted by molar-refractivity contribution is 6.29. The van der Waals surface area contributed by atoms with Crippen LogP contribution in [0.1, 0.15) is 48.7 Å². The number of pyridine rings is 1. The smallest absolute Gasteiger partial charge is 0.215 e. The van der Waals surface area contributed by atoms with Crippen LogP contribution in [0.15, 0.2) is 42.5 Å². The van der Waals surface area contributed by atoms with Crippen LogP contribution in [0.25, 0.3) is 0 Å². The van der Waals surface area contributed by atoms with E-state index < -0.39 is 0 Å². The third-order valence-electron chi connectivity index (χ3n) is 3.33. The Hall–Kier alpha value is -1.87. The second-order valence-corrected chi connectivity index (χ2v) is 5.47. The number of halogens is 1. The number of rotatable bonds is 8. The Morgan fingerprint density at radius 2 is 1.86 bits per heavy atom. The summed E-state index contributed by atoms with van der Waals surface area (Å²) in [4.78, 5) is 16.7. The third-order valence-corrected chi connectivity index (χ3v) is 3.54. The van der Waals surface area contributed by atoms with Gasteiger partial charge in [0, 0.05) is 5.56 Å². The van der Waals surface area contributed by atoms with Gasteiger partial charge in [0.1, 0.15) is 10.9 Å². The summed E-state index contributed by atoms with van der Waals surface area (Å²) in [5, 5.41) is 0.289. The Labute approximate surface area is 136 Å². The van der Waals surface area contributed by atoms with E-state index >= 15 is 0 Å². The van der Waals surface area contributed by atoms with Gasteiger partial charge in [-0.2, -0.15) is 0 Å². The van der Waals surface area contributed by atoms with Crippen LogP contribution in [0.3, 0.4) is 0 Å². The average Bonchev–Trinajstić information content (AvgIpc) is 2.56. The molecule has 0 unspecified atom stereocenters. The number of ketones is 1. The molecule has 0 saturated heterocycles. The van der Waals surface area contributed by atoms with Crippen molar-refractivity contribution in [1.82, 2.24) is 4.98 Å². The Bertz CT molecular complexity index is 614. The van der Waals surface area contributed by atoms with Gasteiger partial charge in [-0.3, -0.25) is 4.79 Å². The summed E-state index contributed by atoms with van der Waals surface area (Å²) >= 11 is 5.93. The SMILES string of the molecule is CCCCCCOc1ccc(Cl)nc1C(=O)c1ccccc1. The first-order chi connectivity index (χ1) is 10.7. The molecule has 0 fully saturated rings. The lowest BCUT2D eigenvalue weighted by molar-refractivity contribution is 0.103. The molecule has 0 atom stereocenters. The molecule has 1 heterocycles. The minimum absolute atomic E-state index is 0.174. The van der Waals surface area contributed by atoms with Crippen LogP contribution < -0.4 is 4.74 Å². The first-order valence-electron chi connectivity index (χ1n) is 7.61. The van der Waals surface area contributed by atoms with Crippen LogP contribution in [-0.4, -0.2) is 17.4 Å². The van der Waals surface area contributed by atoms with Gasteiger partial charge in [0.2, 0.25) is 5.78 Å². The van der Waals surface area contributed by atoms with Crippen LogP contribution in [0, 0.1) is 0 Å². The maximum atomic E-state index is 12.6. The molecule has 0 amide bonds. The van der Waals surface area contributed by atoms with Crippen LogP contribution in [0.5, 0.6) is 5.75 Å². The summed E-state index contributed by atoms with van der Waals surface area (Å²) in [5.74, 6) is 0.321. The monoisotopic (exact) mass is 317 g/mol. The molecule has 0 N–H and O–H groups in total. The van der Waals surface area contributed by atoms with Gasteiger partial charge in [-0.15, -0.1) is 0 Å². The Kier molecular flexibility index (Phi) is 6.41. The number of benzene rings is 1. The largest absolute Gasteiger partial charge is 0.491 e. The minimum Gasteiger partial charge on any atom is -0.491 e. The highest BCUT2D eigenvalue weighted by Gasteiger charge is 2.17. The Morgan fingerprint density at radius 1 is 1.09 bits per heavy atom. The molecule has 0 bridgehead atoms. The Balaban J connectivity index is 2.12. The molecule has 0 saturated carbocycles. The topological polar surface area (TPSA) is 39.2 Å². The Morgan fingerprint density at radius 3 is 2.59 bits per heavy atom. The third kappa shape index (κ3) is 4.57. The fraction of sp³-hybridized carbons (Fsp3) is 0.333. The fourth-order valence-electron chi connectivity index (χ4n) is 2.14. The minimum atomic E-state index is -0.174. The quantitative estimate of drug-likeness (QED) is 0.394. The zero-order valence-electron chi connectivity index (χ0n) is 12.7. The lowest BCUT2D eigenvalue weighted by Gasteiger charge is -2.10.